The molecule has 0 spiro atoms. The minimum absolute atomic E-state index is 0.438. The van der Waals surface area contributed by atoms with Crippen LogP contribution in [0.3, 0.4) is 0 Å². The molecule has 0 bridgehead atoms. The summed E-state index contributed by atoms with van der Waals surface area (Å²) in [5.41, 5.74) is 0. The van der Waals surface area contributed by atoms with E-state index >= 15 is 0 Å². The molecule has 1 atom stereocenters. The van der Waals surface area contributed by atoms with E-state index in [0.29, 0.717) is 5.25 Å². The van der Waals surface area contributed by atoms with Gasteiger partial charge in [-0.2, -0.15) is 0 Å². The molecule has 14 heavy (non-hydrogen) atoms. The fourth-order valence-electron chi connectivity index (χ4n) is 2.13. The standard InChI is InChI=1S/C10H16BrNOS/c11-9-4-3-7-12(8-9)14(13)10-5-1-2-6-10/h4,10H,1-3,5-8H2. The highest BCUT2D eigenvalue weighted by atomic mass is 79.9. The summed E-state index contributed by atoms with van der Waals surface area (Å²) >= 11 is 3.49. The lowest BCUT2D eigenvalue weighted by Crippen LogP contribution is -2.35. The maximum atomic E-state index is 12.1. The summed E-state index contributed by atoms with van der Waals surface area (Å²) in [7, 11) is -0.740. The van der Waals surface area contributed by atoms with Gasteiger partial charge in [-0.25, -0.2) is 8.51 Å². The van der Waals surface area contributed by atoms with Crippen LogP contribution in [0.5, 0.6) is 0 Å². The van der Waals surface area contributed by atoms with Crippen molar-refractivity contribution in [2.24, 2.45) is 0 Å². The van der Waals surface area contributed by atoms with E-state index in [1.54, 1.807) is 0 Å². The minimum Gasteiger partial charge on any atom is -0.242 e. The summed E-state index contributed by atoms with van der Waals surface area (Å²) in [5.74, 6) is 0. The van der Waals surface area contributed by atoms with Crippen LogP contribution in [0.25, 0.3) is 0 Å². The van der Waals surface area contributed by atoms with Crippen molar-refractivity contribution in [1.29, 1.82) is 0 Å². The van der Waals surface area contributed by atoms with Crippen molar-refractivity contribution >= 4 is 26.9 Å². The van der Waals surface area contributed by atoms with Crippen LogP contribution in [-0.2, 0) is 11.0 Å². The van der Waals surface area contributed by atoms with Gasteiger partial charge in [0.15, 0.2) is 0 Å². The number of nitrogens with zero attached hydrogens (tertiary/aromatic N) is 1. The van der Waals surface area contributed by atoms with Crippen LogP contribution < -0.4 is 0 Å². The Morgan fingerprint density at radius 3 is 2.79 bits per heavy atom. The molecule has 1 unspecified atom stereocenters. The topological polar surface area (TPSA) is 20.3 Å². The van der Waals surface area contributed by atoms with Crippen molar-refractivity contribution in [2.75, 3.05) is 13.1 Å². The molecule has 1 saturated carbocycles. The van der Waals surface area contributed by atoms with E-state index in [9.17, 15) is 4.21 Å². The molecular formula is C10H16BrNOS. The summed E-state index contributed by atoms with van der Waals surface area (Å²) in [4.78, 5) is 0. The van der Waals surface area contributed by atoms with Crippen molar-refractivity contribution in [3.63, 3.8) is 0 Å². The Morgan fingerprint density at radius 1 is 1.43 bits per heavy atom. The van der Waals surface area contributed by atoms with Gasteiger partial charge in [-0.05, 0) is 19.3 Å². The Hall–Kier alpha value is 0.330. The number of halogens is 1. The van der Waals surface area contributed by atoms with E-state index in [0.717, 1.165) is 32.4 Å². The Morgan fingerprint density at radius 2 is 2.14 bits per heavy atom. The van der Waals surface area contributed by atoms with Crippen LogP contribution in [0.15, 0.2) is 10.6 Å². The smallest absolute Gasteiger partial charge is 0.0977 e. The van der Waals surface area contributed by atoms with Crippen molar-refractivity contribution in [1.82, 2.24) is 4.31 Å². The van der Waals surface area contributed by atoms with Gasteiger partial charge in [0.2, 0.25) is 0 Å². The van der Waals surface area contributed by atoms with Crippen molar-refractivity contribution in [2.45, 2.75) is 37.4 Å². The second-order valence-electron chi connectivity index (χ2n) is 3.99. The van der Waals surface area contributed by atoms with Gasteiger partial charge >= 0.3 is 0 Å². The molecule has 80 valence electrons. The zero-order chi connectivity index (χ0) is 9.97. The van der Waals surface area contributed by atoms with E-state index in [2.05, 4.69) is 26.3 Å². The average molecular weight is 278 g/mol. The highest BCUT2D eigenvalue weighted by molar-refractivity contribution is 9.11. The molecule has 2 aliphatic rings. The van der Waals surface area contributed by atoms with Gasteiger partial charge in [0.1, 0.15) is 0 Å². The van der Waals surface area contributed by atoms with Crippen molar-refractivity contribution in [3.05, 3.63) is 10.6 Å². The maximum Gasteiger partial charge on any atom is 0.0977 e. The normalized spacial score (nSPS) is 27.6. The molecule has 0 aromatic carbocycles. The quantitative estimate of drug-likeness (QED) is 0.760. The fraction of sp³-hybridized carbons (Fsp3) is 0.800. The van der Waals surface area contributed by atoms with Gasteiger partial charge in [0.25, 0.3) is 0 Å². The molecule has 1 heterocycles. The Labute approximate surface area is 96.5 Å². The highest BCUT2D eigenvalue weighted by Gasteiger charge is 2.27. The lowest BCUT2D eigenvalue weighted by molar-refractivity contribution is 0.468. The summed E-state index contributed by atoms with van der Waals surface area (Å²) in [6, 6.07) is 0. The molecule has 0 radical (unpaired) electrons. The van der Waals surface area contributed by atoms with Crippen LogP contribution in [0, 0.1) is 0 Å². The first-order valence-corrected chi connectivity index (χ1v) is 7.24. The summed E-state index contributed by atoms with van der Waals surface area (Å²) in [6.07, 6.45) is 8.05. The molecule has 2 nitrogen and oxygen atoms in total. The molecule has 0 aromatic heterocycles. The molecule has 1 fully saturated rings. The Kier molecular flexibility index (Phi) is 3.79. The third kappa shape index (κ3) is 2.47. The summed E-state index contributed by atoms with van der Waals surface area (Å²) < 4.78 is 15.4. The lowest BCUT2D eigenvalue weighted by Gasteiger charge is -2.26. The molecular weight excluding hydrogens is 262 g/mol. The summed E-state index contributed by atoms with van der Waals surface area (Å²) in [5, 5.41) is 0.438. The van der Waals surface area contributed by atoms with E-state index in [4.69, 9.17) is 0 Å². The van der Waals surface area contributed by atoms with Gasteiger partial charge in [-0.1, -0.05) is 34.8 Å². The molecule has 2 rings (SSSR count). The van der Waals surface area contributed by atoms with Gasteiger partial charge in [-0.15, -0.1) is 0 Å². The highest BCUT2D eigenvalue weighted by Crippen LogP contribution is 2.26. The van der Waals surface area contributed by atoms with Crippen molar-refractivity contribution in [3.8, 4) is 0 Å². The SMILES string of the molecule is O=S(C1CCCC1)N1CCC=C(Br)C1. The fourth-order valence-corrected chi connectivity index (χ4v) is 4.54. The monoisotopic (exact) mass is 277 g/mol. The second-order valence-corrected chi connectivity index (χ2v) is 6.74. The average Bonchev–Trinajstić information content (AvgIpc) is 2.69. The molecule has 1 aliphatic carbocycles. The number of hydrogen-bond donors (Lipinski definition) is 0. The van der Waals surface area contributed by atoms with E-state index in [1.165, 1.54) is 17.3 Å². The first-order valence-electron chi connectivity index (χ1n) is 5.27. The van der Waals surface area contributed by atoms with Crippen molar-refractivity contribution < 1.29 is 4.21 Å². The summed E-state index contributed by atoms with van der Waals surface area (Å²) in [6.45, 7) is 1.79. The minimum atomic E-state index is -0.740. The Bertz CT molecular complexity index is 261. The first-order chi connectivity index (χ1) is 6.77. The zero-order valence-electron chi connectivity index (χ0n) is 8.25. The van der Waals surface area contributed by atoms with Crippen LogP contribution in [0.4, 0.5) is 0 Å². The molecule has 0 N–H and O–H groups in total. The van der Waals surface area contributed by atoms with E-state index in [1.807, 2.05) is 0 Å². The second kappa shape index (κ2) is 4.90. The van der Waals surface area contributed by atoms with Gasteiger partial charge in [0, 0.05) is 22.8 Å². The van der Waals surface area contributed by atoms with E-state index in [-0.39, 0.29) is 0 Å². The van der Waals surface area contributed by atoms with Gasteiger partial charge in [0.05, 0.1) is 11.0 Å². The van der Waals surface area contributed by atoms with Crippen LogP contribution >= 0.6 is 15.9 Å². The van der Waals surface area contributed by atoms with Crippen LogP contribution in [-0.4, -0.2) is 26.9 Å². The van der Waals surface area contributed by atoms with Crippen LogP contribution in [0.1, 0.15) is 32.1 Å². The van der Waals surface area contributed by atoms with Crippen LogP contribution in [0.2, 0.25) is 0 Å². The molecule has 0 amide bonds. The van der Waals surface area contributed by atoms with Gasteiger partial charge < -0.3 is 0 Å². The maximum absolute atomic E-state index is 12.1. The lowest BCUT2D eigenvalue weighted by atomic mass is 10.3. The third-order valence-electron chi connectivity index (χ3n) is 2.91. The van der Waals surface area contributed by atoms with Gasteiger partial charge in [-0.3, -0.25) is 0 Å². The molecule has 1 aliphatic heterocycles. The number of hydrogen-bond acceptors (Lipinski definition) is 1. The Balaban J connectivity index is 1.94. The zero-order valence-corrected chi connectivity index (χ0v) is 10.6. The molecule has 4 heteroatoms. The predicted molar refractivity (Wildman–Crippen MR) is 63.6 cm³/mol. The predicted octanol–water partition coefficient (Wildman–Crippen LogP) is 2.58. The van der Waals surface area contributed by atoms with E-state index < -0.39 is 11.0 Å². The third-order valence-corrected chi connectivity index (χ3v) is 5.35. The molecule has 0 saturated heterocycles. The first kappa shape index (κ1) is 10.8. The number of rotatable bonds is 2. The molecule has 0 aromatic rings. The largest absolute Gasteiger partial charge is 0.242 e.